The summed E-state index contributed by atoms with van der Waals surface area (Å²) in [6.07, 6.45) is 1.13. The molecule has 0 heterocycles. The Morgan fingerprint density at radius 2 is 2.40 bits per heavy atom. The Morgan fingerprint density at radius 3 is 2.40 bits per heavy atom. The molecule has 0 rings (SSSR count). The zero-order valence-electron chi connectivity index (χ0n) is 2.65. The Kier molecular flexibility index (Phi) is 2.44. The van der Waals surface area contributed by atoms with Crippen LogP contribution in [0, 0.1) is 5.41 Å². The first kappa shape index (κ1) is 4.03. The molecule has 0 aromatic carbocycles. The number of nitrogens with two attached hydrogens (primary N) is 1. The van der Waals surface area contributed by atoms with Crippen LogP contribution in [0.5, 0.6) is 0 Å². The van der Waals surface area contributed by atoms with Crippen molar-refractivity contribution in [2.75, 3.05) is 0 Å². The van der Waals surface area contributed by atoms with Crippen molar-refractivity contribution in [2.24, 2.45) is 5.73 Å². The van der Waals surface area contributed by atoms with Crippen molar-refractivity contribution in [1.82, 2.24) is 0 Å². The van der Waals surface area contributed by atoms with E-state index in [1.54, 1.807) is 0 Å². The molecule has 2 nitrogen and oxygen atoms in total. The minimum atomic E-state index is 1.13. The molecule has 0 aromatic rings. The highest BCUT2D eigenvalue weighted by atomic mass is 14.5. The Labute approximate surface area is 30.1 Å². The van der Waals surface area contributed by atoms with Gasteiger partial charge in [-0.05, 0) is 5.73 Å². The maximum atomic E-state index is 6.13. The molecule has 0 aliphatic rings. The fraction of sp³-hybridized carbons (Fsp3) is 0. The molecule has 0 aliphatic heterocycles. The fourth-order valence-corrected chi connectivity index (χ4v) is 0.0417. The Bertz CT molecular complexity index is 83.1. The van der Waals surface area contributed by atoms with Crippen LogP contribution in [-0.4, -0.2) is 5.87 Å². The van der Waals surface area contributed by atoms with Gasteiger partial charge in [-0.25, -0.2) is 0 Å². The molecule has 3 N–H and O–H groups in total. The normalized spacial score (nSPS) is 4.00. The van der Waals surface area contributed by atoms with Crippen LogP contribution in [0.2, 0.25) is 0 Å². The third-order valence-corrected chi connectivity index (χ3v) is 0.156. The van der Waals surface area contributed by atoms with Gasteiger partial charge in [-0.3, -0.25) is 5.41 Å². The van der Waals surface area contributed by atoms with Crippen LogP contribution < -0.4 is 5.73 Å². The number of nitrogens with one attached hydrogen (secondary N) is 1. The van der Waals surface area contributed by atoms with E-state index in [9.17, 15) is 0 Å². The first-order valence-electron chi connectivity index (χ1n) is 1.12. The highest BCUT2D eigenvalue weighted by molar-refractivity contribution is 5.45. The summed E-state index contributed by atoms with van der Waals surface area (Å²) in [7, 11) is 0. The summed E-state index contributed by atoms with van der Waals surface area (Å²) < 4.78 is 0. The van der Waals surface area contributed by atoms with E-state index in [0.717, 1.165) is 6.20 Å². The van der Waals surface area contributed by atoms with Gasteiger partial charge < -0.3 is 5.73 Å². The lowest BCUT2D eigenvalue weighted by Crippen LogP contribution is -1.69. The number of rotatable bonds is 0. The van der Waals surface area contributed by atoms with Crippen molar-refractivity contribution >= 4 is 5.87 Å². The average molecular weight is 68.1 g/mol. The maximum Gasteiger partial charge on any atom is 0.0472 e. The topological polar surface area (TPSA) is 49.9 Å². The molecule has 2 heteroatoms. The molecular formula is C3H4N2. The van der Waals surface area contributed by atoms with E-state index in [1.807, 2.05) is 5.87 Å². The van der Waals surface area contributed by atoms with Crippen LogP contribution in [0.3, 0.4) is 0 Å². The first-order valence-corrected chi connectivity index (χ1v) is 1.12. The zero-order valence-corrected chi connectivity index (χ0v) is 2.65. The standard InChI is InChI=1S/C3H4N2/c4-2-1-3-5/h2,5H,4H2. The van der Waals surface area contributed by atoms with Crippen molar-refractivity contribution in [2.45, 2.75) is 0 Å². The van der Waals surface area contributed by atoms with Crippen LogP contribution in [0.25, 0.3) is 0 Å². The quantitative estimate of drug-likeness (QED) is 0.301. The lowest BCUT2D eigenvalue weighted by molar-refractivity contribution is 1.58. The molecule has 0 saturated carbocycles. The predicted octanol–water partition coefficient (Wildman–Crippen LogP) is -0.138. The number of hydrogen-bond donors (Lipinski definition) is 2. The van der Waals surface area contributed by atoms with Gasteiger partial charge in [-0.2, -0.15) is 0 Å². The van der Waals surface area contributed by atoms with Gasteiger partial charge >= 0.3 is 0 Å². The van der Waals surface area contributed by atoms with E-state index in [-0.39, 0.29) is 0 Å². The molecule has 0 atom stereocenters. The molecule has 0 spiro atoms. The van der Waals surface area contributed by atoms with E-state index < -0.39 is 0 Å². The Balaban J connectivity index is 3.75. The third kappa shape index (κ3) is 3.03. The van der Waals surface area contributed by atoms with Crippen molar-refractivity contribution in [3.63, 3.8) is 0 Å². The second-order valence-electron chi connectivity index (χ2n) is 0.436. The maximum absolute atomic E-state index is 6.13. The van der Waals surface area contributed by atoms with Crippen LogP contribution in [-0.2, 0) is 0 Å². The lowest BCUT2D eigenvalue weighted by atomic mass is 10.9. The molecular weight excluding hydrogens is 64.0 g/mol. The summed E-state index contributed by atoms with van der Waals surface area (Å²) in [5.41, 5.74) is 6.90. The summed E-state index contributed by atoms with van der Waals surface area (Å²) in [5, 5.41) is 6.13. The van der Waals surface area contributed by atoms with Gasteiger partial charge in [0.05, 0.1) is 0 Å². The third-order valence-electron chi connectivity index (χ3n) is 0.156. The molecule has 0 fully saturated rings. The summed E-state index contributed by atoms with van der Waals surface area (Å²) in [6, 6.07) is 0. The van der Waals surface area contributed by atoms with E-state index in [4.69, 9.17) is 11.1 Å². The second kappa shape index (κ2) is 3.03. The van der Waals surface area contributed by atoms with E-state index in [0.29, 0.717) is 0 Å². The van der Waals surface area contributed by atoms with Gasteiger partial charge in [-0.15, -0.1) is 0 Å². The summed E-state index contributed by atoms with van der Waals surface area (Å²) in [6.45, 7) is 0. The lowest BCUT2D eigenvalue weighted by Gasteiger charge is -1.44. The van der Waals surface area contributed by atoms with Gasteiger partial charge in [-0.1, -0.05) is 0 Å². The van der Waals surface area contributed by atoms with E-state index in [2.05, 4.69) is 5.73 Å². The van der Waals surface area contributed by atoms with Crippen molar-refractivity contribution < 1.29 is 0 Å². The van der Waals surface area contributed by atoms with Crippen LogP contribution in [0.1, 0.15) is 0 Å². The smallest absolute Gasteiger partial charge is 0.0472 e. The molecule has 0 bridgehead atoms. The molecule has 0 aliphatic carbocycles. The molecule has 0 amide bonds. The minimum Gasteiger partial charge on any atom is -0.398 e. The van der Waals surface area contributed by atoms with Gasteiger partial charge in [0.1, 0.15) is 0 Å². The SMILES string of the molecule is N=C=C=CN. The minimum absolute atomic E-state index is 1.13. The largest absolute Gasteiger partial charge is 0.398 e. The highest BCUT2D eigenvalue weighted by Gasteiger charge is 1.29. The molecule has 5 heavy (non-hydrogen) atoms. The van der Waals surface area contributed by atoms with Crippen LogP contribution >= 0.6 is 0 Å². The van der Waals surface area contributed by atoms with Gasteiger partial charge in [0, 0.05) is 12.1 Å². The molecule has 0 radical (unpaired) electrons. The zero-order chi connectivity index (χ0) is 4.12. The molecule has 0 aromatic heterocycles. The van der Waals surface area contributed by atoms with Crippen LogP contribution in [0.4, 0.5) is 0 Å². The molecule has 0 unspecified atom stereocenters. The van der Waals surface area contributed by atoms with Gasteiger partial charge in [0.2, 0.25) is 0 Å². The van der Waals surface area contributed by atoms with Gasteiger partial charge in [0.15, 0.2) is 0 Å². The molecule has 0 saturated heterocycles. The summed E-state index contributed by atoms with van der Waals surface area (Å²) in [5.74, 6) is 1.84. The summed E-state index contributed by atoms with van der Waals surface area (Å²) in [4.78, 5) is 0. The first-order chi connectivity index (χ1) is 2.41. The van der Waals surface area contributed by atoms with E-state index in [1.165, 1.54) is 0 Å². The monoisotopic (exact) mass is 68.0 g/mol. The van der Waals surface area contributed by atoms with Gasteiger partial charge in [0.25, 0.3) is 0 Å². The number of hydrogen-bond acceptors (Lipinski definition) is 2. The fourth-order valence-electron chi connectivity index (χ4n) is 0.0417. The Hall–Kier alpha value is -0.970. The van der Waals surface area contributed by atoms with Crippen molar-refractivity contribution in [3.8, 4) is 0 Å². The van der Waals surface area contributed by atoms with Crippen molar-refractivity contribution in [1.29, 1.82) is 5.41 Å². The Morgan fingerprint density at radius 1 is 1.80 bits per heavy atom. The van der Waals surface area contributed by atoms with E-state index >= 15 is 0 Å². The average Bonchev–Trinajstić information content (AvgIpc) is 1.41. The van der Waals surface area contributed by atoms with Crippen LogP contribution in [0.15, 0.2) is 11.9 Å². The summed E-state index contributed by atoms with van der Waals surface area (Å²) >= 11 is 0. The predicted molar refractivity (Wildman–Crippen MR) is 20.0 cm³/mol. The molecule has 26 valence electrons. The highest BCUT2D eigenvalue weighted by Crippen LogP contribution is 1.30. The van der Waals surface area contributed by atoms with Crippen molar-refractivity contribution in [3.05, 3.63) is 11.9 Å². The second-order valence-corrected chi connectivity index (χ2v) is 0.436.